The number of aliphatic hydroxyl groups excluding tert-OH is 1. The molecule has 0 aromatic carbocycles. The predicted molar refractivity (Wildman–Crippen MR) is 62.7 cm³/mol. The number of Topliss-reactive ketones (excluding diaryl/α,β-unsaturated/α-hetero) is 1. The van der Waals surface area contributed by atoms with Crippen LogP contribution >= 0.6 is 22.7 Å². The van der Waals surface area contributed by atoms with E-state index in [9.17, 15) is 9.90 Å². The van der Waals surface area contributed by atoms with Crippen molar-refractivity contribution in [1.29, 1.82) is 0 Å². The van der Waals surface area contributed by atoms with Crippen molar-refractivity contribution in [2.75, 3.05) is 0 Å². The second kappa shape index (κ2) is 4.26. The maximum Gasteiger partial charge on any atom is 0.206 e. The second-order valence-corrected chi connectivity index (χ2v) is 5.46. The Kier molecular flexibility index (Phi) is 3.00. The van der Waals surface area contributed by atoms with Crippen LogP contribution in [0, 0.1) is 6.92 Å². The van der Waals surface area contributed by atoms with Gasteiger partial charge in [-0.25, -0.2) is 0 Å². The third kappa shape index (κ3) is 2.17. The van der Waals surface area contributed by atoms with E-state index in [0.717, 1.165) is 4.88 Å². The fourth-order valence-electron chi connectivity index (χ4n) is 1.28. The summed E-state index contributed by atoms with van der Waals surface area (Å²) in [5.74, 6) is -0.216. The van der Waals surface area contributed by atoms with Gasteiger partial charge in [0.05, 0.1) is 4.88 Å². The largest absolute Gasteiger partial charge is 0.379 e. The third-order valence-corrected chi connectivity index (χ3v) is 3.98. The van der Waals surface area contributed by atoms with Crippen LogP contribution < -0.4 is 0 Å². The Hall–Kier alpha value is -0.970. The molecule has 0 radical (unpaired) electrons. The lowest BCUT2D eigenvalue weighted by molar-refractivity contribution is 0.0758. The van der Waals surface area contributed by atoms with Crippen molar-refractivity contribution in [3.63, 3.8) is 0 Å². The molecule has 2 aromatic rings. The van der Waals surface area contributed by atoms with Crippen LogP contribution in [0.3, 0.4) is 0 Å². The molecule has 1 atom stereocenters. The molecule has 0 saturated carbocycles. The van der Waals surface area contributed by atoms with Crippen molar-refractivity contribution in [3.05, 3.63) is 44.3 Å². The number of carbonyl (C=O) groups is 1. The fourth-order valence-corrected chi connectivity index (χ4v) is 2.83. The van der Waals surface area contributed by atoms with Crippen LogP contribution in [-0.4, -0.2) is 10.9 Å². The van der Waals surface area contributed by atoms with Crippen molar-refractivity contribution >= 4 is 28.5 Å². The Bertz CT molecular complexity index is 457. The first-order valence-corrected chi connectivity index (χ1v) is 6.20. The van der Waals surface area contributed by atoms with Crippen molar-refractivity contribution in [1.82, 2.24) is 0 Å². The molecule has 0 fully saturated rings. The van der Waals surface area contributed by atoms with Gasteiger partial charge in [-0.1, -0.05) is 6.07 Å². The van der Waals surface area contributed by atoms with Gasteiger partial charge in [-0.2, -0.15) is 0 Å². The summed E-state index contributed by atoms with van der Waals surface area (Å²) in [5.41, 5.74) is 0. The highest BCUT2D eigenvalue weighted by molar-refractivity contribution is 7.13. The average Bonchev–Trinajstić information content (AvgIpc) is 2.85. The van der Waals surface area contributed by atoms with E-state index < -0.39 is 6.10 Å². The third-order valence-electron chi connectivity index (χ3n) is 2.04. The minimum atomic E-state index is -1.01. The first-order chi connectivity index (χ1) is 7.18. The van der Waals surface area contributed by atoms with Gasteiger partial charge in [0, 0.05) is 9.75 Å². The first kappa shape index (κ1) is 10.5. The molecule has 4 heteroatoms. The summed E-state index contributed by atoms with van der Waals surface area (Å²) in [4.78, 5) is 14.2. The maximum absolute atomic E-state index is 11.8. The molecule has 2 heterocycles. The lowest BCUT2D eigenvalue weighted by Gasteiger charge is -2.04. The van der Waals surface area contributed by atoms with Crippen LogP contribution in [0.25, 0.3) is 0 Å². The molecule has 2 nitrogen and oxygen atoms in total. The van der Waals surface area contributed by atoms with E-state index in [1.807, 2.05) is 24.4 Å². The quantitative estimate of drug-likeness (QED) is 0.834. The molecule has 2 rings (SSSR count). The standard InChI is InChI=1S/C11H10O2S2/c1-7-4-5-9(15-7)11(13)10(12)8-3-2-6-14-8/h2-6,11,13H,1H3. The summed E-state index contributed by atoms with van der Waals surface area (Å²) in [6.07, 6.45) is -1.01. The first-order valence-electron chi connectivity index (χ1n) is 4.50. The summed E-state index contributed by atoms with van der Waals surface area (Å²) in [5, 5.41) is 11.7. The Morgan fingerprint density at radius 1 is 1.40 bits per heavy atom. The number of rotatable bonds is 3. The zero-order valence-electron chi connectivity index (χ0n) is 8.14. The lowest BCUT2D eigenvalue weighted by Crippen LogP contribution is -2.09. The normalized spacial score (nSPS) is 12.7. The summed E-state index contributed by atoms with van der Waals surface area (Å²) in [6, 6.07) is 7.25. The number of aryl methyl sites for hydroxylation is 1. The van der Waals surface area contributed by atoms with Gasteiger partial charge >= 0.3 is 0 Å². The molecule has 0 aliphatic rings. The van der Waals surface area contributed by atoms with Crippen molar-refractivity contribution in [2.24, 2.45) is 0 Å². The molecule has 0 aliphatic carbocycles. The number of aliphatic hydroxyl groups is 1. The monoisotopic (exact) mass is 238 g/mol. The predicted octanol–water partition coefficient (Wildman–Crippen LogP) is 3.03. The highest BCUT2D eigenvalue weighted by atomic mass is 32.1. The topological polar surface area (TPSA) is 37.3 Å². The zero-order chi connectivity index (χ0) is 10.8. The van der Waals surface area contributed by atoms with Crippen LogP contribution in [-0.2, 0) is 0 Å². The molecule has 15 heavy (non-hydrogen) atoms. The summed E-state index contributed by atoms with van der Waals surface area (Å²) < 4.78 is 0. The van der Waals surface area contributed by atoms with Crippen LogP contribution in [0.1, 0.15) is 25.5 Å². The van der Waals surface area contributed by atoms with Crippen LogP contribution in [0.15, 0.2) is 29.6 Å². The Morgan fingerprint density at radius 3 is 2.73 bits per heavy atom. The van der Waals surface area contributed by atoms with Gasteiger partial charge in [0.15, 0.2) is 6.10 Å². The number of ketones is 1. The van der Waals surface area contributed by atoms with E-state index in [1.54, 1.807) is 12.1 Å². The summed E-state index contributed by atoms with van der Waals surface area (Å²) in [6.45, 7) is 1.95. The Morgan fingerprint density at radius 2 is 2.20 bits per heavy atom. The second-order valence-electron chi connectivity index (χ2n) is 3.19. The van der Waals surface area contributed by atoms with Crippen molar-refractivity contribution < 1.29 is 9.90 Å². The van der Waals surface area contributed by atoms with Crippen LogP contribution in [0.5, 0.6) is 0 Å². The summed E-state index contributed by atoms with van der Waals surface area (Å²) >= 11 is 2.81. The van der Waals surface area contributed by atoms with Gasteiger partial charge < -0.3 is 5.11 Å². The van der Waals surface area contributed by atoms with Crippen LogP contribution in [0.2, 0.25) is 0 Å². The molecule has 0 amide bonds. The Labute approximate surface area is 95.8 Å². The van der Waals surface area contributed by atoms with Gasteiger partial charge in [-0.3, -0.25) is 4.79 Å². The molecule has 0 saturated heterocycles. The summed E-state index contributed by atoms with van der Waals surface area (Å²) in [7, 11) is 0. The molecular weight excluding hydrogens is 228 g/mol. The van der Waals surface area contributed by atoms with Crippen LogP contribution in [0.4, 0.5) is 0 Å². The molecule has 0 spiro atoms. The molecular formula is C11H10O2S2. The highest BCUT2D eigenvalue weighted by Crippen LogP contribution is 2.26. The van der Waals surface area contributed by atoms with Gasteiger partial charge in [0.25, 0.3) is 0 Å². The smallest absolute Gasteiger partial charge is 0.206 e. The van der Waals surface area contributed by atoms with Crippen molar-refractivity contribution in [2.45, 2.75) is 13.0 Å². The average molecular weight is 238 g/mol. The minimum absolute atomic E-state index is 0.216. The molecule has 1 unspecified atom stereocenters. The number of hydrogen-bond donors (Lipinski definition) is 1. The zero-order valence-corrected chi connectivity index (χ0v) is 9.77. The Balaban J connectivity index is 2.22. The molecule has 2 aromatic heterocycles. The molecule has 0 bridgehead atoms. The number of hydrogen-bond acceptors (Lipinski definition) is 4. The molecule has 78 valence electrons. The van der Waals surface area contributed by atoms with E-state index >= 15 is 0 Å². The van der Waals surface area contributed by atoms with E-state index in [0.29, 0.717) is 9.75 Å². The highest BCUT2D eigenvalue weighted by Gasteiger charge is 2.21. The maximum atomic E-state index is 11.8. The van der Waals surface area contributed by atoms with E-state index in [-0.39, 0.29) is 5.78 Å². The minimum Gasteiger partial charge on any atom is -0.379 e. The molecule has 1 N–H and O–H groups in total. The molecule has 0 aliphatic heterocycles. The van der Waals surface area contributed by atoms with E-state index in [2.05, 4.69) is 0 Å². The lowest BCUT2D eigenvalue weighted by atomic mass is 10.1. The number of carbonyl (C=O) groups excluding carboxylic acids is 1. The van der Waals surface area contributed by atoms with E-state index in [4.69, 9.17) is 0 Å². The fraction of sp³-hybridized carbons (Fsp3) is 0.182. The number of thiophene rings is 2. The van der Waals surface area contributed by atoms with Gasteiger partial charge in [0.2, 0.25) is 5.78 Å². The van der Waals surface area contributed by atoms with Crippen molar-refractivity contribution in [3.8, 4) is 0 Å². The van der Waals surface area contributed by atoms with E-state index in [1.165, 1.54) is 22.7 Å². The van der Waals surface area contributed by atoms with Gasteiger partial charge in [-0.15, -0.1) is 22.7 Å². The van der Waals surface area contributed by atoms with Gasteiger partial charge in [-0.05, 0) is 30.5 Å². The SMILES string of the molecule is Cc1ccc(C(O)C(=O)c2cccs2)s1. The van der Waals surface area contributed by atoms with Gasteiger partial charge in [0.1, 0.15) is 0 Å².